The van der Waals surface area contributed by atoms with Crippen molar-refractivity contribution < 1.29 is 106 Å². The van der Waals surface area contributed by atoms with Crippen LogP contribution in [0.3, 0.4) is 0 Å². The molecule has 4 heterocycles. The molecule has 0 spiro atoms. The number of thioether (sulfide) groups is 1. The van der Waals surface area contributed by atoms with Crippen molar-refractivity contribution >= 4 is 84.4 Å². The van der Waals surface area contributed by atoms with Crippen molar-refractivity contribution in [3.8, 4) is 46.7 Å². The monoisotopic (exact) mass is 1590 g/mol. The van der Waals surface area contributed by atoms with Crippen LogP contribution in [0.5, 0.6) is 23.0 Å². The van der Waals surface area contributed by atoms with Crippen LogP contribution in [0, 0.1) is 34.2 Å². The lowest BCUT2D eigenvalue weighted by molar-refractivity contribution is -0.336. The van der Waals surface area contributed by atoms with Crippen molar-refractivity contribution in [1.29, 1.82) is 0 Å². The van der Waals surface area contributed by atoms with Crippen molar-refractivity contribution in [2.45, 2.75) is 221 Å². The van der Waals surface area contributed by atoms with Crippen molar-refractivity contribution in [3.63, 3.8) is 0 Å². The Kier molecular flexibility index (Phi) is 30.9. The smallest absolute Gasteiger partial charge is 0.241 e. The fraction of sp³-hybridized carbons (Fsp3) is 0.620. The van der Waals surface area contributed by atoms with E-state index in [9.17, 15) is 44.7 Å². The number of allylic oxidation sites excluding steroid dienone is 3. The predicted molar refractivity (Wildman–Crippen MR) is 391 cm³/mol. The van der Waals surface area contributed by atoms with Crippen LogP contribution in [0.2, 0.25) is 0 Å². The lowest BCUT2D eigenvalue weighted by Gasteiger charge is -2.46. The summed E-state index contributed by atoms with van der Waals surface area (Å²) in [6, 6.07) is 6.03. The number of aliphatic hydroxyl groups is 5. The number of Topliss-reactive ketones (excluding diaryl/α,β-unsaturated/α-hetero) is 1. The molecule has 0 saturated carbocycles. The molecule has 2 bridgehead atoms. The van der Waals surface area contributed by atoms with E-state index in [1.807, 2.05) is 55.5 Å². The summed E-state index contributed by atoms with van der Waals surface area (Å²) in [7, 11) is 10.1. The topological polar surface area (TPSA) is 350 Å². The Labute approximate surface area is 621 Å². The van der Waals surface area contributed by atoms with Crippen LogP contribution in [0.1, 0.15) is 115 Å². The largest absolute Gasteiger partial charge is 0.494 e. The molecule has 102 heavy (non-hydrogen) atoms. The number of hydrogen-bond acceptors (Lipinski definition) is 28. The number of hydrogen-bond donors (Lipinski definition) is 9. The number of halogens is 1. The van der Waals surface area contributed by atoms with Gasteiger partial charge in [0.1, 0.15) is 42.4 Å². The highest BCUT2D eigenvalue weighted by molar-refractivity contribution is 14.1. The second-order valence-corrected chi connectivity index (χ2v) is 31.1. The quantitative estimate of drug-likeness (QED) is 0.0121. The average Bonchev–Trinajstić information content (AvgIpc) is 0.762. The third kappa shape index (κ3) is 20.6. The van der Waals surface area contributed by atoms with Crippen molar-refractivity contribution in [2.24, 2.45) is 5.10 Å². The summed E-state index contributed by atoms with van der Waals surface area (Å²) in [5.41, 5.74) is 6.34. The Hall–Kier alpha value is -4.93. The van der Waals surface area contributed by atoms with E-state index in [1.54, 1.807) is 73.9 Å². The molecule has 8 rings (SSSR count). The number of carbonyl (C=O) groups excluding carboxylic acids is 4. The van der Waals surface area contributed by atoms with Crippen LogP contribution in [-0.4, -0.2) is 235 Å². The second kappa shape index (κ2) is 38.0. The Balaban J connectivity index is 0.954. The number of ether oxygens (including phenoxy) is 12. The lowest BCUT2D eigenvalue weighted by Crippen LogP contribution is -2.65. The maximum Gasteiger partial charge on any atom is 0.241 e. The fourth-order valence-corrected chi connectivity index (χ4v) is 16.6. The van der Waals surface area contributed by atoms with Crippen LogP contribution in [0.25, 0.3) is 0 Å². The van der Waals surface area contributed by atoms with Gasteiger partial charge < -0.3 is 93.0 Å². The Morgan fingerprint density at radius 2 is 1.58 bits per heavy atom. The first-order chi connectivity index (χ1) is 48.6. The summed E-state index contributed by atoms with van der Waals surface area (Å²) >= 11 is 2.84. The molecule has 4 saturated heterocycles. The second-order valence-electron chi connectivity index (χ2n) is 25.9. The van der Waals surface area contributed by atoms with Crippen LogP contribution >= 0.6 is 55.9 Å². The first-order valence-corrected chi connectivity index (χ1v) is 38.0. The van der Waals surface area contributed by atoms with Crippen molar-refractivity contribution in [2.75, 3.05) is 61.0 Å². The average molecular weight is 1590 g/mol. The predicted octanol–water partition coefficient (Wildman–Crippen LogP) is 5.24. The standard InChI is InChI=1S/C71H96IN5O22S3/c1-15-74-45-35-92-52(32-49(45)87-11)97-64-59(83)57(77-99-53-31-46(78)66(41(7)93-53)101-67(85)55-37(3)56(72)62(65(90-14)61(55)88-12)98-68-60(84)63(89-13)58(82)40(6)95-68)39(5)94-69(64)96-48-21-18-16-17-19-28-71(86)33-47(79)36(2)54(48)44(71)27-30-100-102-70(8,9)34-51(81)76-75-38(4)42-23-25-43(26-24-42)91-29-20-22-50(80)73-10/h16-17,23-27,39-41,45-46,48-49,52-53,57-60,63-64,66,68-69,74,77-78,82-84,86H,15,20,22,29-35H2,1-14H3,(H,73,80)(H,76,81)/b17-16-,44-27+,75-38+/t39-,40+,41-,45+,46+,48+,49+,52+,53+,57-,58+,59+,60-,63-,64-,66-,68+,69+,71+/m1/s1. The molecule has 9 N–H and O–H groups in total. The van der Waals surface area contributed by atoms with E-state index in [1.165, 1.54) is 55.1 Å². The number of fused-ring (bicyclic) bond motifs is 2. The van der Waals surface area contributed by atoms with Crippen LogP contribution in [0.15, 0.2) is 64.3 Å². The molecule has 31 heteroatoms. The molecule has 4 fully saturated rings. The van der Waals surface area contributed by atoms with Gasteiger partial charge in [0.05, 0.1) is 96.6 Å². The van der Waals surface area contributed by atoms with E-state index in [0.29, 0.717) is 46.6 Å². The molecule has 2 aromatic carbocycles. The maximum absolute atomic E-state index is 14.5. The molecule has 562 valence electrons. The van der Waals surface area contributed by atoms with Gasteiger partial charge in [-0.3, -0.25) is 24.0 Å². The summed E-state index contributed by atoms with van der Waals surface area (Å²) < 4.78 is 73.3. The number of benzene rings is 2. The van der Waals surface area contributed by atoms with Gasteiger partial charge in [-0.1, -0.05) is 70.0 Å². The Morgan fingerprint density at radius 3 is 2.25 bits per heavy atom. The number of aliphatic hydroxyl groups excluding tert-OH is 4. The number of hydroxylamine groups is 1. The summed E-state index contributed by atoms with van der Waals surface area (Å²) in [6.45, 7) is 17.1. The molecule has 0 radical (unpaired) electrons. The molecule has 2 aliphatic carbocycles. The molecular weight excluding hydrogens is 1500 g/mol. The zero-order valence-corrected chi connectivity index (χ0v) is 64.3. The summed E-state index contributed by atoms with van der Waals surface area (Å²) in [4.78, 5) is 59.7. The maximum atomic E-state index is 14.5. The van der Waals surface area contributed by atoms with E-state index in [2.05, 4.69) is 50.3 Å². The minimum absolute atomic E-state index is 0.0272. The zero-order chi connectivity index (χ0) is 74.3. The van der Waals surface area contributed by atoms with Gasteiger partial charge in [-0.05, 0) is 144 Å². The molecule has 6 aliphatic rings. The summed E-state index contributed by atoms with van der Waals surface area (Å²) in [6.07, 6.45) is -11.1. The van der Waals surface area contributed by atoms with Gasteiger partial charge in [0.25, 0.3) is 0 Å². The van der Waals surface area contributed by atoms with E-state index in [0.717, 1.165) is 17.3 Å². The third-order valence-corrected chi connectivity index (χ3v) is 23.9. The molecule has 0 unspecified atom stereocenters. The highest BCUT2D eigenvalue weighted by Crippen LogP contribution is 2.49. The molecule has 2 amide bonds. The minimum atomic E-state index is -1.99. The number of likely N-dealkylation sites (N-methyl/N-ethyl adjacent to an activating group) is 1. The van der Waals surface area contributed by atoms with E-state index in [4.69, 9.17) is 61.7 Å². The SMILES string of the molecule is CCN[C@H]1CO[C@@H](O[C@H]2[C@H](O[C@H]3C#C/C=C\C#C[C@]4(O)CC(=O)C(C)=C3/C4=C\CSSC(C)(C)CC(=O)N/N=C(\C)c3ccc(OCCCC(=O)NC)cc3)O[C@H](C)[C@@H](NO[C@H]3C[C@H](O)[C@H](SC(=O)c4c(C)c(I)c(O[C@@H]5O[C@@H](C)[C@H](O)[C@@H](OC)[C@H]5O)c(OC)c4OC)[C@@H](C)O3)[C@@H]2O)C[C@@H]1OC. The number of carbonyl (C=O) groups is 4. The number of nitrogens with one attached hydrogen (secondary N) is 4. The normalized spacial score (nSPS) is 31.9. The first-order valence-electron chi connectivity index (χ1n) is 33.7. The van der Waals surface area contributed by atoms with Gasteiger partial charge in [0.2, 0.25) is 29.0 Å². The Morgan fingerprint density at radius 1 is 0.863 bits per heavy atom. The van der Waals surface area contributed by atoms with Gasteiger partial charge in [0.15, 0.2) is 41.8 Å². The van der Waals surface area contributed by atoms with Crippen LogP contribution < -0.4 is 40.5 Å². The number of rotatable bonds is 30. The first kappa shape index (κ1) is 82.7. The van der Waals surface area contributed by atoms with E-state index in [-0.39, 0.29) is 102 Å². The Bertz CT molecular complexity index is 3510. The van der Waals surface area contributed by atoms with Gasteiger partial charge in [-0.2, -0.15) is 10.6 Å². The molecule has 0 aromatic heterocycles. The van der Waals surface area contributed by atoms with E-state index >= 15 is 0 Å². The van der Waals surface area contributed by atoms with Gasteiger partial charge in [0, 0.05) is 68.6 Å². The number of amides is 2. The van der Waals surface area contributed by atoms with Gasteiger partial charge >= 0.3 is 0 Å². The molecule has 19 atom stereocenters. The number of methoxy groups -OCH3 is 4. The highest BCUT2D eigenvalue weighted by atomic mass is 127. The van der Waals surface area contributed by atoms with Crippen molar-refractivity contribution in [1.82, 2.24) is 21.5 Å². The van der Waals surface area contributed by atoms with Crippen LogP contribution in [0.4, 0.5) is 0 Å². The van der Waals surface area contributed by atoms with Crippen molar-refractivity contribution in [3.05, 3.63) is 79.5 Å². The third-order valence-electron chi connectivity index (χ3n) is 18.1. The van der Waals surface area contributed by atoms with Crippen LogP contribution in [-0.2, 0) is 57.1 Å². The van der Waals surface area contributed by atoms with Gasteiger partial charge in [-0.15, -0.1) is 0 Å². The fourth-order valence-electron chi connectivity index (χ4n) is 12.5. The van der Waals surface area contributed by atoms with E-state index < -0.39 is 119 Å². The molecule has 4 aliphatic heterocycles. The minimum Gasteiger partial charge on any atom is -0.494 e. The highest BCUT2D eigenvalue weighted by Gasteiger charge is 2.52. The lowest BCUT2D eigenvalue weighted by atomic mass is 9.74. The summed E-state index contributed by atoms with van der Waals surface area (Å²) in [5.74, 6) is 12.2. The number of ketones is 1. The number of nitrogens with zero attached hydrogens (tertiary/aromatic N) is 1. The molecule has 27 nitrogen and oxygen atoms in total. The zero-order valence-electron chi connectivity index (χ0n) is 59.7. The number of hydrazone groups is 1. The molecule has 2 aromatic rings. The summed E-state index contributed by atoms with van der Waals surface area (Å²) in [5, 5.41) is 67.7. The molecular formula is C71H96IN5O22S3. The van der Waals surface area contributed by atoms with Gasteiger partial charge in [-0.25, -0.2) is 5.43 Å².